The summed E-state index contributed by atoms with van der Waals surface area (Å²) in [4.78, 5) is 31.0. The Morgan fingerprint density at radius 1 is 1.18 bits per heavy atom. The summed E-state index contributed by atoms with van der Waals surface area (Å²) in [6, 6.07) is 13.3. The standard InChI is InChI=1S/C22H26N4O2/c1-2-24-22(28)20-14-19(16-26(20)15-18-10-12-23-13-11-18)25-21(27)9-8-17-6-4-3-5-7-17/h3-13,19-20H,2,14-16H2,1H3,(H,24,28)(H,25,27). The summed E-state index contributed by atoms with van der Waals surface area (Å²) in [5.74, 6) is -0.137. The SMILES string of the molecule is CCNC(=O)C1CC(NC(=O)C=Cc2ccccc2)CN1Cc1ccncc1. The number of nitrogens with one attached hydrogen (secondary N) is 2. The largest absolute Gasteiger partial charge is 0.355 e. The van der Waals surface area contributed by atoms with E-state index in [0.29, 0.717) is 26.1 Å². The van der Waals surface area contributed by atoms with Crippen LogP contribution in [0.25, 0.3) is 6.08 Å². The molecule has 2 aromatic rings. The smallest absolute Gasteiger partial charge is 0.244 e. The number of carbonyl (C=O) groups is 2. The first-order chi connectivity index (χ1) is 13.7. The van der Waals surface area contributed by atoms with Gasteiger partial charge in [0, 0.05) is 44.1 Å². The van der Waals surface area contributed by atoms with Gasteiger partial charge in [-0.1, -0.05) is 30.3 Å². The zero-order valence-electron chi connectivity index (χ0n) is 16.0. The lowest BCUT2D eigenvalue weighted by Crippen LogP contribution is -2.42. The van der Waals surface area contributed by atoms with Gasteiger partial charge in [0.15, 0.2) is 0 Å². The second-order valence-corrected chi connectivity index (χ2v) is 6.88. The molecule has 2 atom stereocenters. The van der Waals surface area contributed by atoms with Gasteiger partial charge in [-0.25, -0.2) is 0 Å². The van der Waals surface area contributed by atoms with Gasteiger partial charge in [0.1, 0.15) is 0 Å². The molecule has 0 radical (unpaired) electrons. The number of likely N-dealkylation sites (tertiary alicyclic amines) is 1. The first-order valence-corrected chi connectivity index (χ1v) is 9.60. The van der Waals surface area contributed by atoms with Gasteiger partial charge < -0.3 is 10.6 Å². The van der Waals surface area contributed by atoms with E-state index in [2.05, 4.69) is 20.5 Å². The number of benzene rings is 1. The Kier molecular flexibility index (Phi) is 6.92. The third kappa shape index (κ3) is 5.50. The van der Waals surface area contributed by atoms with Crippen LogP contribution in [0.15, 0.2) is 60.9 Å². The van der Waals surface area contributed by atoms with Gasteiger partial charge in [-0.3, -0.25) is 19.5 Å². The molecular weight excluding hydrogens is 352 g/mol. The van der Waals surface area contributed by atoms with Crippen molar-refractivity contribution < 1.29 is 9.59 Å². The molecule has 28 heavy (non-hydrogen) atoms. The fourth-order valence-corrected chi connectivity index (χ4v) is 3.46. The molecular formula is C22H26N4O2. The maximum Gasteiger partial charge on any atom is 0.244 e. The molecule has 1 aromatic carbocycles. The number of aromatic nitrogens is 1. The van der Waals surface area contributed by atoms with Crippen molar-refractivity contribution in [2.75, 3.05) is 13.1 Å². The Balaban J connectivity index is 1.62. The van der Waals surface area contributed by atoms with Gasteiger partial charge in [-0.15, -0.1) is 0 Å². The van der Waals surface area contributed by atoms with E-state index in [1.54, 1.807) is 24.5 Å². The molecule has 1 fully saturated rings. The molecule has 2 heterocycles. The van der Waals surface area contributed by atoms with Gasteiger partial charge in [0.05, 0.1) is 6.04 Å². The monoisotopic (exact) mass is 378 g/mol. The zero-order chi connectivity index (χ0) is 19.8. The minimum Gasteiger partial charge on any atom is -0.355 e. The van der Waals surface area contributed by atoms with Gasteiger partial charge in [-0.2, -0.15) is 0 Å². The lowest BCUT2D eigenvalue weighted by molar-refractivity contribution is -0.125. The second kappa shape index (κ2) is 9.80. The van der Waals surface area contributed by atoms with E-state index >= 15 is 0 Å². The number of carbonyl (C=O) groups excluding carboxylic acids is 2. The predicted octanol–water partition coefficient (Wildman–Crippen LogP) is 1.99. The zero-order valence-corrected chi connectivity index (χ0v) is 16.0. The molecule has 0 saturated carbocycles. The van der Waals surface area contributed by atoms with Crippen LogP contribution in [0.4, 0.5) is 0 Å². The molecule has 3 rings (SSSR count). The van der Waals surface area contributed by atoms with Crippen LogP contribution in [0.5, 0.6) is 0 Å². The molecule has 6 nitrogen and oxygen atoms in total. The lowest BCUT2D eigenvalue weighted by Gasteiger charge is -2.23. The fraction of sp³-hybridized carbons (Fsp3) is 0.318. The van der Waals surface area contributed by atoms with Crippen molar-refractivity contribution in [1.29, 1.82) is 0 Å². The quantitative estimate of drug-likeness (QED) is 0.723. The van der Waals surface area contributed by atoms with Crippen LogP contribution >= 0.6 is 0 Å². The summed E-state index contributed by atoms with van der Waals surface area (Å²) in [5, 5.41) is 5.94. The molecule has 0 aliphatic carbocycles. The van der Waals surface area contributed by atoms with Gasteiger partial charge in [0.2, 0.25) is 11.8 Å². The topological polar surface area (TPSA) is 74.3 Å². The third-order valence-corrected chi connectivity index (χ3v) is 4.77. The molecule has 6 heteroatoms. The maximum absolute atomic E-state index is 12.5. The van der Waals surface area contributed by atoms with Crippen LogP contribution < -0.4 is 10.6 Å². The van der Waals surface area contributed by atoms with E-state index in [-0.39, 0.29) is 23.9 Å². The summed E-state index contributed by atoms with van der Waals surface area (Å²) in [7, 11) is 0. The number of likely N-dealkylation sites (N-methyl/N-ethyl adjacent to an activating group) is 1. The summed E-state index contributed by atoms with van der Waals surface area (Å²) in [5.41, 5.74) is 2.07. The summed E-state index contributed by atoms with van der Waals surface area (Å²) < 4.78 is 0. The number of hydrogen-bond donors (Lipinski definition) is 2. The molecule has 1 aliphatic rings. The second-order valence-electron chi connectivity index (χ2n) is 6.88. The van der Waals surface area contributed by atoms with Crippen molar-refractivity contribution in [2.45, 2.75) is 32.0 Å². The summed E-state index contributed by atoms with van der Waals surface area (Å²) >= 11 is 0. The van der Waals surface area contributed by atoms with E-state index in [4.69, 9.17) is 0 Å². The minimum absolute atomic E-state index is 0.00753. The number of rotatable bonds is 7. The van der Waals surface area contributed by atoms with E-state index in [1.165, 1.54) is 0 Å². The third-order valence-electron chi connectivity index (χ3n) is 4.77. The van der Waals surface area contributed by atoms with E-state index < -0.39 is 0 Å². The van der Waals surface area contributed by atoms with Crippen molar-refractivity contribution in [2.24, 2.45) is 0 Å². The highest BCUT2D eigenvalue weighted by atomic mass is 16.2. The van der Waals surface area contributed by atoms with Crippen LogP contribution in [0.1, 0.15) is 24.5 Å². The van der Waals surface area contributed by atoms with E-state index in [0.717, 1.165) is 11.1 Å². The first kappa shape index (κ1) is 19.8. The highest BCUT2D eigenvalue weighted by molar-refractivity contribution is 5.92. The number of hydrogen-bond acceptors (Lipinski definition) is 4. The maximum atomic E-state index is 12.5. The Bertz CT molecular complexity index is 808. The van der Waals surface area contributed by atoms with Gasteiger partial charge in [-0.05, 0) is 42.7 Å². The van der Waals surface area contributed by atoms with Crippen LogP contribution in [-0.2, 0) is 16.1 Å². The molecule has 2 unspecified atom stereocenters. The van der Waals surface area contributed by atoms with Crippen LogP contribution in [0.2, 0.25) is 0 Å². The van der Waals surface area contributed by atoms with Crippen LogP contribution in [0, 0.1) is 0 Å². The van der Waals surface area contributed by atoms with Gasteiger partial charge >= 0.3 is 0 Å². The number of nitrogens with zero attached hydrogens (tertiary/aromatic N) is 2. The van der Waals surface area contributed by atoms with Gasteiger partial charge in [0.25, 0.3) is 0 Å². The number of amides is 2. The summed E-state index contributed by atoms with van der Waals surface area (Å²) in [6.45, 7) is 3.79. The predicted molar refractivity (Wildman–Crippen MR) is 109 cm³/mol. The van der Waals surface area contributed by atoms with Crippen molar-refractivity contribution in [3.05, 3.63) is 72.1 Å². The van der Waals surface area contributed by atoms with E-state index in [1.807, 2.05) is 49.4 Å². The van der Waals surface area contributed by atoms with Crippen LogP contribution in [-0.4, -0.2) is 46.9 Å². The average molecular weight is 378 g/mol. The summed E-state index contributed by atoms with van der Waals surface area (Å²) in [6.07, 6.45) is 7.43. The van der Waals surface area contributed by atoms with Crippen molar-refractivity contribution in [1.82, 2.24) is 20.5 Å². The Morgan fingerprint density at radius 3 is 2.64 bits per heavy atom. The van der Waals surface area contributed by atoms with Crippen molar-refractivity contribution in [3.8, 4) is 0 Å². The van der Waals surface area contributed by atoms with Crippen LogP contribution in [0.3, 0.4) is 0 Å². The molecule has 1 aliphatic heterocycles. The Hall–Kier alpha value is -2.99. The molecule has 0 spiro atoms. The van der Waals surface area contributed by atoms with Crippen molar-refractivity contribution in [3.63, 3.8) is 0 Å². The molecule has 1 aromatic heterocycles. The first-order valence-electron chi connectivity index (χ1n) is 9.60. The molecule has 0 bridgehead atoms. The molecule has 1 saturated heterocycles. The Labute approximate surface area is 165 Å². The normalized spacial score (nSPS) is 19.6. The number of pyridine rings is 1. The van der Waals surface area contributed by atoms with E-state index in [9.17, 15) is 9.59 Å². The fourth-order valence-electron chi connectivity index (χ4n) is 3.46. The highest BCUT2D eigenvalue weighted by Crippen LogP contribution is 2.21. The average Bonchev–Trinajstić information content (AvgIpc) is 3.10. The molecule has 146 valence electrons. The Morgan fingerprint density at radius 2 is 1.93 bits per heavy atom. The van der Waals surface area contributed by atoms with Crippen molar-refractivity contribution >= 4 is 17.9 Å². The minimum atomic E-state index is -0.253. The molecule has 2 amide bonds. The highest BCUT2D eigenvalue weighted by Gasteiger charge is 2.36. The molecule has 2 N–H and O–H groups in total. The lowest BCUT2D eigenvalue weighted by atomic mass is 10.1.